The van der Waals surface area contributed by atoms with Gasteiger partial charge in [-0.1, -0.05) is 30.3 Å². The first-order chi connectivity index (χ1) is 9.66. The Kier molecular flexibility index (Phi) is 3.03. The summed E-state index contributed by atoms with van der Waals surface area (Å²) < 4.78 is 1.99. The summed E-state index contributed by atoms with van der Waals surface area (Å²) in [4.78, 5) is 0. The molecule has 1 aromatic heterocycles. The highest BCUT2D eigenvalue weighted by Crippen LogP contribution is 2.29. The number of nitrogens with two attached hydrogens (primary N) is 1. The van der Waals surface area contributed by atoms with Crippen molar-refractivity contribution in [1.82, 2.24) is 9.78 Å². The van der Waals surface area contributed by atoms with Gasteiger partial charge in [-0.15, -0.1) is 0 Å². The van der Waals surface area contributed by atoms with Crippen molar-refractivity contribution in [2.24, 2.45) is 0 Å². The lowest BCUT2D eigenvalue weighted by molar-refractivity contribution is 0.834. The van der Waals surface area contributed by atoms with Gasteiger partial charge in [0.2, 0.25) is 0 Å². The first kappa shape index (κ1) is 12.5. The highest BCUT2D eigenvalue weighted by molar-refractivity contribution is 5.70. The topological polar surface area (TPSA) is 43.8 Å². The average Bonchev–Trinajstić information content (AvgIpc) is 2.76. The minimum Gasteiger partial charge on any atom is -0.399 e. The van der Waals surface area contributed by atoms with Crippen LogP contribution < -0.4 is 5.73 Å². The molecule has 1 heterocycles. The van der Waals surface area contributed by atoms with Crippen LogP contribution in [0.15, 0.2) is 54.6 Å². The Bertz CT molecular complexity index is 725. The van der Waals surface area contributed by atoms with Crippen LogP contribution in [0.25, 0.3) is 16.8 Å². The molecule has 0 amide bonds. The predicted molar refractivity (Wildman–Crippen MR) is 82.9 cm³/mol. The third-order valence-electron chi connectivity index (χ3n) is 3.49. The molecular formula is C17H17N3. The number of nitrogens with zero attached hydrogens (tertiary/aromatic N) is 2. The van der Waals surface area contributed by atoms with Crippen LogP contribution in [-0.4, -0.2) is 9.78 Å². The molecule has 0 saturated carbocycles. The minimum atomic E-state index is 0.777. The maximum absolute atomic E-state index is 5.76. The van der Waals surface area contributed by atoms with Gasteiger partial charge >= 0.3 is 0 Å². The second-order valence-electron chi connectivity index (χ2n) is 4.92. The van der Waals surface area contributed by atoms with Crippen molar-refractivity contribution >= 4 is 5.69 Å². The lowest BCUT2D eigenvalue weighted by atomic mass is 10.0. The van der Waals surface area contributed by atoms with Crippen molar-refractivity contribution in [3.63, 3.8) is 0 Å². The SMILES string of the molecule is Cc1nn(-c2ccccc2)c(C)c1-c1ccc(N)cc1. The maximum Gasteiger partial charge on any atom is 0.0679 e. The summed E-state index contributed by atoms with van der Waals surface area (Å²) in [6.07, 6.45) is 0. The van der Waals surface area contributed by atoms with Gasteiger partial charge in [-0.3, -0.25) is 0 Å². The Hall–Kier alpha value is -2.55. The molecule has 3 nitrogen and oxygen atoms in total. The quantitative estimate of drug-likeness (QED) is 0.716. The third-order valence-corrected chi connectivity index (χ3v) is 3.49. The van der Waals surface area contributed by atoms with E-state index in [0.717, 1.165) is 28.3 Å². The van der Waals surface area contributed by atoms with Crippen molar-refractivity contribution in [3.05, 3.63) is 66.0 Å². The van der Waals surface area contributed by atoms with E-state index in [1.165, 1.54) is 5.56 Å². The van der Waals surface area contributed by atoms with Gasteiger partial charge in [0.15, 0.2) is 0 Å². The number of hydrogen-bond acceptors (Lipinski definition) is 2. The van der Waals surface area contributed by atoms with Crippen LogP contribution in [0.2, 0.25) is 0 Å². The fourth-order valence-electron chi connectivity index (χ4n) is 2.53. The molecule has 3 heteroatoms. The normalized spacial score (nSPS) is 10.7. The Labute approximate surface area is 118 Å². The van der Waals surface area contributed by atoms with E-state index in [1.54, 1.807) is 0 Å². The summed E-state index contributed by atoms with van der Waals surface area (Å²) in [7, 11) is 0. The minimum absolute atomic E-state index is 0.777. The molecule has 2 aromatic carbocycles. The molecule has 0 saturated heterocycles. The molecule has 0 spiro atoms. The van der Waals surface area contributed by atoms with Crippen molar-refractivity contribution in [2.75, 3.05) is 5.73 Å². The summed E-state index contributed by atoms with van der Waals surface area (Å²) in [5.74, 6) is 0. The highest BCUT2D eigenvalue weighted by Gasteiger charge is 2.14. The first-order valence-corrected chi connectivity index (χ1v) is 6.64. The summed E-state index contributed by atoms with van der Waals surface area (Å²) >= 11 is 0. The molecule has 0 aliphatic heterocycles. The van der Waals surface area contributed by atoms with Crippen molar-refractivity contribution in [1.29, 1.82) is 0 Å². The number of benzene rings is 2. The smallest absolute Gasteiger partial charge is 0.0679 e. The molecule has 0 aliphatic carbocycles. The Morgan fingerprint density at radius 1 is 0.900 bits per heavy atom. The van der Waals surface area contributed by atoms with E-state index in [9.17, 15) is 0 Å². The molecule has 2 N–H and O–H groups in total. The molecule has 100 valence electrons. The summed E-state index contributed by atoms with van der Waals surface area (Å²) in [6, 6.07) is 18.1. The van der Waals surface area contributed by atoms with Gasteiger partial charge in [-0.25, -0.2) is 4.68 Å². The fraction of sp³-hybridized carbons (Fsp3) is 0.118. The van der Waals surface area contributed by atoms with Gasteiger partial charge in [-0.2, -0.15) is 5.10 Å². The maximum atomic E-state index is 5.76. The monoisotopic (exact) mass is 263 g/mol. The summed E-state index contributed by atoms with van der Waals surface area (Å²) in [5.41, 5.74) is 12.1. The number of hydrogen-bond donors (Lipinski definition) is 1. The molecule has 0 bridgehead atoms. The van der Waals surface area contributed by atoms with E-state index in [1.807, 2.05) is 54.1 Å². The lowest BCUT2D eigenvalue weighted by Crippen LogP contribution is -1.98. The first-order valence-electron chi connectivity index (χ1n) is 6.64. The number of anilines is 1. The van der Waals surface area contributed by atoms with Crippen LogP contribution in [0.3, 0.4) is 0 Å². The van der Waals surface area contributed by atoms with Crippen LogP contribution >= 0.6 is 0 Å². The second kappa shape index (κ2) is 4.85. The Morgan fingerprint density at radius 2 is 1.55 bits per heavy atom. The van der Waals surface area contributed by atoms with Crippen molar-refractivity contribution < 1.29 is 0 Å². The van der Waals surface area contributed by atoms with Gasteiger partial charge in [0, 0.05) is 16.9 Å². The standard InChI is InChI=1S/C17H17N3/c1-12-17(14-8-10-15(18)11-9-14)13(2)20(19-12)16-6-4-3-5-7-16/h3-11H,18H2,1-2H3. The zero-order valence-electron chi connectivity index (χ0n) is 11.7. The molecule has 0 unspecified atom stereocenters. The Balaban J connectivity index is 2.14. The van der Waals surface area contributed by atoms with Crippen LogP contribution in [0, 0.1) is 13.8 Å². The number of nitrogen functional groups attached to an aromatic ring is 1. The van der Waals surface area contributed by atoms with E-state index >= 15 is 0 Å². The third kappa shape index (κ3) is 2.07. The number of aryl methyl sites for hydroxylation is 1. The molecule has 3 rings (SSSR count). The van der Waals surface area contributed by atoms with Gasteiger partial charge in [0.05, 0.1) is 11.4 Å². The number of rotatable bonds is 2. The van der Waals surface area contributed by atoms with E-state index in [4.69, 9.17) is 5.73 Å². The van der Waals surface area contributed by atoms with E-state index in [2.05, 4.69) is 24.2 Å². The predicted octanol–water partition coefficient (Wildman–Crippen LogP) is 3.74. The van der Waals surface area contributed by atoms with Gasteiger partial charge in [0.1, 0.15) is 0 Å². The second-order valence-corrected chi connectivity index (χ2v) is 4.92. The van der Waals surface area contributed by atoms with E-state index in [-0.39, 0.29) is 0 Å². The fourth-order valence-corrected chi connectivity index (χ4v) is 2.53. The largest absolute Gasteiger partial charge is 0.399 e. The zero-order chi connectivity index (χ0) is 14.1. The van der Waals surface area contributed by atoms with Crippen molar-refractivity contribution in [2.45, 2.75) is 13.8 Å². The molecule has 0 aliphatic rings. The van der Waals surface area contributed by atoms with E-state index in [0.29, 0.717) is 0 Å². The van der Waals surface area contributed by atoms with E-state index < -0.39 is 0 Å². The molecule has 20 heavy (non-hydrogen) atoms. The zero-order valence-corrected chi connectivity index (χ0v) is 11.7. The van der Waals surface area contributed by atoms with Crippen LogP contribution in [0.4, 0.5) is 5.69 Å². The van der Waals surface area contributed by atoms with Crippen molar-refractivity contribution in [3.8, 4) is 16.8 Å². The molecule has 0 atom stereocenters. The lowest BCUT2D eigenvalue weighted by Gasteiger charge is -2.05. The molecule has 0 fully saturated rings. The average molecular weight is 263 g/mol. The Morgan fingerprint density at radius 3 is 2.20 bits per heavy atom. The highest BCUT2D eigenvalue weighted by atomic mass is 15.3. The van der Waals surface area contributed by atoms with Gasteiger partial charge in [-0.05, 0) is 43.7 Å². The summed E-state index contributed by atoms with van der Waals surface area (Å²) in [5, 5.41) is 4.66. The number of aromatic nitrogens is 2. The van der Waals surface area contributed by atoms with Crippen LogP contribution in [-0.2, 0) is 0 Å². The molecule has 0 radical (unpaired) electrons. The van der Waals surface area contributed by atoms with Crippen LogP contribution in [0.5, 0.6) is 0 Å². The van der Waals surface area contributed by atoms with Crippen LogP contribution in [0.1, 0.15) is 11.4 Å². The number of para-hydroxylation sites is 1. The van der Waals surface area contributed by atoms with Gasteiger partial charge < -0.3 is 5.73 Å². The molecule has 3 aromatic rings. The summed E-state index contributed by atoms with van der Waals surface area (Å²) in [6.45, 7) is 4.14. The van der Waals surface area contributed by atoms with Gasteiger partial charge in [0.25, 0.3) is 0 Å². The molecular weight excluding hydrogens is 246 g/mol.